The second-order valence-electron chi connectivity index (χ2n) is 5.43. The molecule has 0 aromatic carbocycles. The monoisotopic (exact) mass is 454 g/mol. The van der Waals surface area contributed by atoms with Gasteiger partial charge in [0.05, 0.1) is 0 Å². The highest BCUT2D eigenvalue weighted by molar-refractivity contribution is 5.92. The van der Waals surface area contributed by atoms with Crippen LogP contribution in [0.5, 0.6) is 0 Å². The molecule has 0 saturated carbocycles. The van der Waals surface area contributed by atoms with Crippen molar-refractivity contribution in [3.8, 4) is 0 Å². The molecule has 2 amide bonds. The molecule has 5 nitrogen and oxygen atoms in total. The number of hydrogen-bond acceptors (Lipinski definition) is 3. The predicted molar refractivity (Wildman–Crippen MR) is 72.4 cm³/mol. The molecule has 0 bridgehead atoms. The first-order valence-corrected chi connectivity index (χ1v) is 7.21. The summed E-state index contributed by atoms with van der Waals surface area (Å²) < 4.78 is 141. The first-order chi connectivity index (χ1) is 12.7. The van der Waals surface area contributed by atoms with Crippen molar-refractivity contribution in [2.45, 2.75) is 43.6 Å². The van der Waals surface area contributed by atoms with E-state index >= 15 is 0 Å². The molecule has 2 N–H and O–H groups in total. The highest BCUT2D eigenvalue weighted by Gasteiger charge is 2.79. The lowest BCUT2D eigenvalue weighted by Crippen LogP contribution is -2.63. The lowest BCUT2D eigenvalue weighted by atomic mass is 10.2. The largest absolute Gasteiger partial charge is 0.462 e. The molecule has 0 aromatic rings. The van der Waals surface area contributed by atoms with Gasteiger partial charge in [-0.15, -0.1) is 0 Å². The van der Waals surface area contributed by atoms with E-state index in [2.05, 4.69) is 16.6 Å². The van der Waals surface area contributed by atoms with Gasteiger partial charge in [-0.05, 0) is 13.3 Å². The molecule has 0 aliphatic heterocycles. The van der Waals surface area contributed by atoms with Crippen LogP contribution in [0.25, 0.3) is 0 Å². The molecule has 0 rings (SSSR count). The predicted octanol–water partition coefficient (Wildman–Crippen LogP) is 3.22. The van der Waals surface area contributed by atoms with Gasteiger partial charge in [-0.25, -0.2) is 0 Å². The lowest BCUT2D eigenvalue weighted by Gasteiger charge is -2.34. The van der Waals surface area contributed by atoms with Crippen LogP contribution in [0.1, 0.15) is 13.3 Å². The highest BCUT2D eigenvalue weighted by Crippen LogP contribution is 2.50. The molecule has 29 heavy (non-hydrogen) atoms. The Balaban J connectivity index is 5.31. The van der Waals surface area contributed by atoms with Crippen molar-refractivity contribution in [3.63, 3.8) is 0 Å². The SMILES string of the molecule is C=C(C)C(=O)NCCCNC(=O)C(F)(OC(F)(F)C(F)(F)C(F)(F)F)C(F)(F)F. The maximum atomic E-state index is 13.8. The fourth-order valence-electron chi connectivity index (χ4n) is 1.40. The summed E-state index contributed by atoms with van der Waals surface area (Å²) in [5, 5.41) is 3.17. The van der Waals surface area contributed by atoms with Crippen LogP contribution in [0.3, 0.4) is 0 Å². The van der Waals surface area contributed by atoms with Gasteiger partial charge in [0, 0.05) is 18.7 Å². The third-order valence-corrected chi connectivity index (χ3v) is 2.96. The third kappa shape index (κ3) is 6.17. The molecule has 1 unspecified atom stereocenters. The molecule has 0 fully saturated rings. The van der Waals surface area contributed by atoms with E-state index in [0.29, 0.717) is 0 Å². The number of hydrogen-bond donors (Lipinski definition) is 2. The van der Waals surface area contributed by atoms with Crippen molar-refractivity contribution in [1.82, 2.24) is 10.6 Å². The van der Waals surface area contributed by atoms with Gasteiger partial charge in [-0.2, -0.15) is 48.3 Å². The van der Waals surface area contributed by atoms with Crippen molar-refractivity contribution in [1.29, 1.82) is 0 Å². The summed E-state index contributed by atoms with van der Waals surface area (Å²) in [5.41, 5.74) is 0.0232. The van der Waals surface area contributed by atoms with Gasteiger partial charge in [0.2, 0.25) is 5.91 Å². The summed E-state index contributed by atoms with van der Waals surface area (Å²) in [7, 11) is 0. The minimum atomic E-state index is -7.25. The fourth-order valence-corrected chi connectivity index (χ4v) is 1.40. The van der Waals surface area contributed by atoms with E-state index in [-0.39, 0.29) is 12.1 Å². The lowest BCUT2D eigenvalue weighted by molar-refractivity contribution is -0.472. The third-order valence-electron chi connectivity index (χ3n) is 2.96. The van der Waals surface area contributed by atoms with Crippen LogP contribution < -0.4 is 10.6 Å². The maximum absolute atomic E-state index is 13.8. The number of alkyl halides is 11. The Morgan fingerprint density at radius 3 is 1.66 bits per heavy atom. The van der Waals surface area contributed by atoms with E-state index in [1.165, 1.54) is 6.92 Å². The van der Waals surface area contributed by atoms with Crippen LogP contribution >= 0.6 is 0 Å². The van der Waals surface area contributed by atoms with Crippen molar-refractivity contribution >= 4 is 11.8 Å². The number of halogens is 11. The standard InChI is InChI=1S/C13H13F11N2O3/c1-6(2)7(27)25-4-3-5-26-8(28)9(14,11(17,18)19)29-13(23,24)10(15,16)12(20,21)22/h1,3-5H2,2H3,(H,25,27)(H,26,28). The van der Waals surface area contributed by atoms with Crippen LogP contribution in [-0.2, 0) is 14.3 Å². The topological polar surface area (TPSA) is 67.4 Å². The average Bonchev–Trinajstić information content (AvgIpc) is 2.50. The molecule has 170 valence electrons. The van der Waals surface area contributed by atoms with Crippen molar-refractivity contribution < 1.29 is 62.6 Å². The smallest absolute Gasteiger partial charge is 0.352 e. The quantitative estimate of drug-likeness (QED) is 0.320. The Labute approximate surface area is 155 Å². The molecular weight excluding hydrogens is 441 g/mol. The minimum Gasteiger partial charge on any atom is -0.352 e. The molecule has 0 spiro atoms. The molecule has 0 heterocycles. The average molecular weight is 454 g/mol. The van der Waals surface area contributed by atoms with Crippen molar-refractivity contribution in [2.24, 2.45) is 0 Å². The van der Waals surface area contributed by atoms with Gasteiger partial charge in [-0.3, -0.25) is 14.3 Å². The van der Waals surface area contributed by atoms with Crippen molar-refractivity contribution in [2.75, 3.05) is 13.1 Å². The number of amides is 2. The number of carbonyl (C=O) groups is 2. The number of ether oxygens (including phenoxy) is 1. The maximum Gasteiger partial charge on any atom is 0.462 e. The summed E-state index contributed by atoms with van der Waals surface area (Å²) >= 11 is 0. The highest BCUT2D eigenvalue weighted by atomic mass is 19.4. The van der Waals surface area contributed by atoms with Gasteiger partial charge in [0.25, 0.3) is 5.91 Å². The Morgan fingerprint density at radius 1 is 0.828 bits per heavy atom. The van der Waals surface area contributed by atoms with E-state index in [9.17, 15) is 57.9 Å². The van der Waals surface area contributed by atoms with Gasteiger partial charge in [0.1, 0.15) is 0 Å². The Bertz CT molecular complexity index is 630. The van der Waals surface area contributed by atoms with Crippen LogP contribution in [0.15, 0.2) is 12.2 Å². The summed E-state index contributed by atoms with van der Waals surface area (Å²) in [6.07, 6.45) is -21.4. The van der Waals surface area contributed by atoms with E-state index in [1.54, 1.807) is 0 Å². The first kappa shape index (κ1) is 26.9. The summed E-state index contributed by atoms with van der Waals surface area (Å²) in [4.78, 5) is 22.4. The second kappa shape index (κ2) is 8.71. The molecular formula is C13H13F11N2O3. The molecule has 16 heteroatoms. The molecule has 0 aliphatic carbocycles. The molecule has 0 radical (unpaired) electrons. The molecule has 1 atom stereocenters. The van der Waals surface area contributed by atoms with Gasteiger partial charge >= 0.3 is 30.2 Å². The summed E-state index contributed by atoms with van der Waals surface area (Å²) in [5.74, 6) is -17.3. The Kier molecular flexibility index (Phi) is 8.07. The van der Waals surface area contributed by atoms with Crippen LogP contribution in [-0.4, -0.2) is 55.1 Å². The Hall–Kier alpha value is -2.13. The van der Waals surface area contributed by atoms with E-state index < -0.39 is 55.0 Å². The van der Waals surface area contributed by atoms with Gasteiger partial charge < -0.3 is 10.6 Å². The van der Waals surface area contributed by atoms with E-state index in [4.69, 9.17) is 0 Å². The molecule has 0 aromatic heterocycles. The molecule has 0 aliphatic rings. The fraction of sp³-hybridized carbons (Fsp3) is 0.692. The minimum absolute atomic E-state index is 0.0232. The van der Waals surface area contributed by atoms with Gasteiger partial charge in [0.15, 0.2) is 0 Å². The van der Waals surface area contributed by atoms with Crippen LogP contribution in [0.4, 0.5) is 48.3 Å². The summed E-state index contributed by atoms with van der Waals surface area (Å²) in [6, 6.07) is 0. The Morgan fingerprint density at radius 2 is 1.28 bits per heavy atom. The zero-order valence-corrected chi connectivity index (χ0v) is 14.2. The van der Waals surface area contributed by atoms with Crippen molar-refractivity contribution in [3.05, 3.63) is 12.2 Å². The number of carbonyl (C=O) groups excluding carboxylic acids is 2. The van der Waals surface area contributed by atoms with Crippen LogP contribution in [0.2, 0.25) is 0 Å². The van der Waals surface area contributed by atoms with Gasteiger partial charge in [-0.1, -0.05) is 6.58 Å². The molecule has 0 saturated heterocycles. The first-order valence-electron chi connectivity index (χ1n) is 7.21. The van der Waals surface area contributed by atoms with Crippen LogP contribution in [0, 0.1) is 0 Å². The number of nitrogens with one attached hydrogen (secondary N) is 2. The zero-order valence-electron chi connectivity index (χ0n) is 14.2. The zero-order chi connectivity index (χ0) is 23.5. The van der Waals surface area contributed by atoms with E-state index in [0.717, 1.165) is 5.32 Å². The number of rotatable bonds is 9. The normalized spacial score (nSPS) is 15.4. The second-order valence-corrected chi connectivity index (χ2v) is 5.43. The van der Waals surface area contributed by atoms with E-state index in [1.807, 2.05) is 0 Å². The summed E-state index contributed by atoms with van der Waals surface area (Å²) in [6.45, 7) is 3.25.